The van der Waals surface area contributed by atoms with Crippen LogP contribution < -0.4 is 16.0 Å². The predicted octanol–water partition coefficient (Wildman–Crippen LogP) is 3.59. The molecule has 3 rings (SSSR count). The van der Waals surface area contributed by atoms with E-state index in [-0.39, 0.29) is 17.8 Å². The molecule has 0 spiro atoms. The quantitative estimate of drug-likeness (QED) is 0.757. The number of benzene rings is 2. The molecule has 0 unspecified atom stereocenters. The van der Waals surface area contributed by atoms with E-state index in [9.17, 15) is 14.4 Å². The summed E-state index contributed by atoms with van der Waals surface area (Å²) in [4.78, 5) is 38.2. The summed E-state index contributed by atoms with van der Waals surface area (Å²) in [5, 5.41) is 8.39. The Balaban J connectivity index is 1.66. The monoisotopic (exact) mass is 380 g/mol. The van der Waals surface area contributed by atoms with Crippen LogP contribution >= 0.6 is 0 Å². The van der Waals surface area contributed by atoms with Crippen molar-refractivity contribution in [2.45, 2.75) is 32.7 Å². The van der Waals surface area contributed by atoms with Crippen molar-refractivity contribution in [1.29, 1.82) is 0 Å². The van der Waals surface area contributed by atoms with Gasteiger partial charge in [0, 0.05) is 30.5 Å². The first-order valence-corrected chi connectivity index (χ1v) is 9.25. The molecular weight excluding hydrogens is 356 g/mol. The molecule has 4 amide bonds. The molecule has 7 heteroatoms. The molecule has 0 bridgehead atoms. The van der Waals surface area contributed by atoms with Gasteiger partial charge in [-0.05, 0) is 55.7 Å². The summed E-state index contributed by atoms with van der Waals surface area (Å²) in [6.45, 7) is 3.91. The maximum absolute atomic E-state index is 12.7. The number of hydrogen-bond donors (Lipinski definition) is 3. The standard InChI is InChI=1S/C21H24N4O3/c1-14-6-3-7-16(12-14)24-21(28)25-11-5-10-19(25)20(27)23-18-9-4-8-17(13-18)22-15(2)26/h3-4,6-9,12-13,19H,5,10-11H2,1-2H3,(H,22,26)(H,23,27)(H,24,28)/t19-/m0/s1. The molecule has 2 aromatic rings. The topological polar surface area (TPSA) is 90.5 Å². The lowest BCUT2D eigenvalue weighted by atomic mass is 10.2. The number of aryl methyl sites for hydroxylation is 1. The lowest BCUT2D eigenvalue weighted by molar-refractivity contribution is -0.119. The fraction of sp³-hybridized carbons (Fsp3) is 0.286. The zero-order valence-corrected chi connectivity index (χ0v) is 16.0. The van der Waals surface area contributed by atoms with Gasteiger partial charge in [-0.2, -0.15) is 0 Å². The Hall–Kier alpha value is -3.35. The van der Waals surface area contributed by atoms with E-state index >= 15 is 0 Å². The van der Waals surface area contributed by atoms with E-state index in [1.807, 2.05) is 31.2 Å². The van der Waals surface area contributed by atoms with E-state index in [0.717, 1.165) is 12.0 Å². The highest BCUT2D eigenvalue weighted by atomic mass is 16.2. The molecule has 1 aliphatic heterocycles. The van der Waals surface area contributed by atoms with Crippen molar-refractivity contribution in [3.8, 4) is 0 Å². The first-order valence-electron chi connectivity index (χ1n) is 9.25. The Labute approximate surface area is 164 Å². The van der Waals surface area contributed by atoms with Crippen LogP contribution in [0.1, 0.15) is 25.3 Å². The Kier molecular flexibility index (Phi) is 5.93. The van der Waals surface area contributed by atoms with Crippen LogP contribution in [0.15, 0.2) is 48.5 Å². The number of carbonyl (C=O) groups excluding carboxylic acids is 3. The third-order valence-corrected chi connectivity index (χ3v) is 4.54. The Morgan fingerprint density at radius 1 is 0.929 bits per heavy atom. The summed E-state index contributed by atoms with van der Waals surface area (Å²) < 4.78 is 0. The summed E-state index contributed by atoms with van der Waals surface area (Å²) in [5.74, 6) is -0.421. The van der Waals surface area contributed by atoms with Crippen LogP contribution in [0, 0.1) is 6.92 Å². The molecule has 146 valence electrons. The molecule has 0 radical (unpaired) electrons. The van der Waals surface area contributed by atoms with Gasteiger partial charge < -0.3 is 20.9 Å². The SMILES string of the molecule is CC(=O)Nc1cccc(NC(=O)[C@@H]2CCCN2C(=O)Nc2cccc(C)c2)c1. The molecule has 1 fully saturated rings. The molecule has 0 saturated carbocycles. The molecule has 0 aliphatic carbocycles. The fourth-order valence-electron chi connectivity index (χ4n) is 3.30. The number of carbonyl (C=O) groups is 3. The Bertz CT molecular complexity index is 897. The van der Waals surface area contributed by atoms with Crippen molar-refractivity contribution in [1.82, 2.24) is 4.90 Å². The summed E-state index contributed by atoms with van der Waals surface area (Å²) in [7, 11) is 0. The average molecular weight is 380 g/mol. The van der Waals surface area contributed by atoms with Gasteiger partial charge in [-0.15, -0.1) is 0 Å². The molecular formula is C21H24N4O3. The van der Waals surface area contributed by atoms with Crippen LogP contribution in [0.5, 0.6) is 0 Å². The smallest absolute Gasteiger partial charge is 0.322 e. The first-order chi connectivity index (χ1) is 13.4. The molecule has 1 aliphatic rings. The van der Waals surface area contributed by atoms with Crippen molar-refractivity contribution in [2.24, 2.45) is 0 Å². The third kappa shape index (κ3) is 4.88. The van der Waals surface area contributed by atoms with Crippen molar-refractivity contribution in [3.63, 3.8) is 0 Å². The molecule has 2 aromatic carbocycles. The largest absolute Gasteiger partial charge is 0.326 e. The summed E-state index contributed by atoms with van der Waals surface area (Å²) in [6.07, 6.45) is 1.38. The van der Waals surface area contributed by atoms with Crippen LogP contribution in [0.4, 0.5) is 21.9 Å². The summed E-state index contributed by atoms with van der Waals surface area (Å²) in [5.41, 5.74) is 2.93. The molecule has 1 saturated heterocycles. The lowest BCUT2D eigenvalue weighted by Crippen LogP contribution is -2.45. The van der Waals surface area contributed by atoms with E-state index in [4.69, 9.17) is 0 Å². The Morgan fingerprint density at radius 2 is 1.57 bits per heavy atom. The maximum atomic E-state index is 12.7. The zero-order chi connectivity index (χ0) is 20.1. The van der Waals surface area contributed by atoms with Gasteiger partial charge in [0.25, 0.3) is 0 Å². The van der Waals surface area contributed by atoms with E-state index in [1.165, 1.54) is 6.92 Å². The molecule has 7 nitrogen and oxygen atoms in total. The van der Waals surface area contributed by atoms with Crippen LogP contribution in [0.25, 0.3) is 0 Å². The van der Waals surface area contributed by atoms with E-state index in [2.05, 4.69) is 16.0 Å². The van der Waals surface area contributed by atoms with Crippen LogP contribution in [-0.4, -0.2) is 35.3 Å². The molecule has 3 N–H and O–H groups in total. The summed E-state index contributed by atoms with van der Waals surface area (Å²) >= 11 is 0. The van der Waals surface area contributed by atoms with Gasteiger partial charge >= 0.3 is 6.03 Å². The fourth-order valence-corrected chi connectivity index (χ4v) is 3.30. The predicted molar refractivity (Wildman–Crippen MR) is 109 cm³/mol. The van der Waals surface area contributed by atoms with Gasteiger partial charge in [0.1, 0.15) is 6.04 Å². The highest BCUT2D eigenvalue weighted by Gasteiger charge is 2.34. The van der Waals surface area contributed by atoms with Crippen molar-refractivity contribution < 1.29 is 14.4 Å². The first kappa shape index (κ1) is 19.4. The number of likely N-dealkylation sites (tertiary alicyclic amines) is 1. The second-order valence-corrected chi connectivity index (χ2v) is 6.90. The number of anilines is 3. The van der Waals surface area contributed by atoms with Crippen LogP contribution in [-0.2, 0) is 9.59 Å². The van der Waals surface area contributed by atoms with Crippen molar-refractivity contribution in [3.05, 3.63) is 54.1 Å². The minimum Gasteiger partial charge on any atom is -0.326 e. The van der Waals surface area contributed by atoms with E-state index in [1.54, 1.807) is 29.2 Å². The minimum absolute atomic E-state index is 0.182. The number of hydrogen-bond acceptors (Lipinski definition) is 3. The maximum Gasteiger partial charge on any atom is 0.322 e. The van der Waals surface area contributed by atoms with E-state index in [0.29, 0.717) is 30.0 Å². The van der Waals surface area contributed by atoms with Crippen molar-refractivity contribution >= 4 is 34.9 Å². The van der Waals surface area contributed by atoms with Gasteiger partial charge in [-0.3, -0.25) is 9.59 Å². The van der Waals surface area contributed by atoms with Gasteiger partial charge in [0.05, 0.1) is 0 Å². The molecule has 0 aromatic heterocycles. The number of nitrogens with zero attached hydrogens (tertiary/aromatic N) is 1. The normalized spacial score (nSPS) is 15.8. The van der Waals surface area contributed by atoms with E-state index < -0.39 is 6.04 Å². The number of rotatable bonds is 4. The second kappa shape index (κ2) is 8.56. The lowest BCUT2D eigenvalue weighted by Gasteiger charge is -2.24. The summed E-state index contributed by atoms with van der Waals surface area (Å²) in [6, 6.07) is 13.6. The second-order valence-electron chi connectivity index (χ2n) is 6.90. The number of nitrogens with one attached hydrogen (secondary N) is 3. The van der Waals surface area contributed by atoms with Gasteiger partial charge in [0.15, 0.2) is 0 Å². The minimum atomic E-state index is -0.533. The Morgan fingerprint density at radius 3 is 2.25 bits per heavy atom. The van der Waals surface area contributed by atoms with Crippen LogP contribution in [0.3, 0.4) is 0 Å². The zero-order valence-electron chi connectivity index (χ0n) is 16.0. The van der Waals surface area contributed by atoms with Gasteiger partial charge in [0.2, 0.25) is 11.8 Å². The molecule has 1 heterocycles. The number of urea groups is 1. The molecule has 28 heavy (non-hydrogen) atoms. The number of amides is 4. The van der Waals surface area contributed by atoms with Gasteiger partial charge in [-0.1, -0.05) is 18.2 Å². The average Bonchev–Trinajstić information content (AvgIpc) is 3.11. The van der Waals surface area contributed by atoms with Crippen LogP contribution in [0.2, 0.25) is 0 Å². The third-order valence-electron chi connectivity index (χ3n) is 4.54. The van der Waals surface area contributed by atoms with Gasteiger partial charge in [-0.25, -0.2) is 4.79 Å². The molecule has 1 atom stereocenters. The highest BCUT2D eigenvalue weighted by Crippen LogP contribution is 2.22. The highest BCUT2D eigenvalue weighted by molar-refractivity contribution is 6.00. The van der Waals surface area contributed by atoms with Crippen molar-refractivity contribution in [2.75, 3.05) is 22.5 Å².